The largest absolute Gasteiger partial charge is 0.484 e. The lowest BCUT2D eigenvalue weighted by molar-refractivity contribution is -0.137. The second kappa shape index (κ2) is 10.0. The van der Waals surface area contributed by atoms with E-state index in [-0.39, 0.29) is 42.1 Å². The van der Waals surface area contributed by atoms with Crippen molar-refractivity contribution in [3.63, 3.8) is 0 Å². The number of aryl methyl sites for hydroxylation is 1. The van der Waals surface area contributed by atoms with E-state index in [2.05, 4.69) is 58.5 Å². The van der Waals surface area contributed by atoms with Crippen molar-refractivity contribution in [2.75, 3.05) is 6.54 Å². The monoisotopic (exact) mass is 499 g/mol. The van der Waals surface area contributed by atoms with Gasteiger partial charge in [-0.15, -0.1) is 0 Å². The molecule has 7 heteroatoms. The summed E-state index contributed by atoms with van der Waals surface area (Å²) in [5, 5.41) is 2.91. The van der Waals surface area contributed by atoms with Gasteiger partial charge in [0.25, 0.3) is 5.91 Å². The average Bonchev–Trinajstić information content (AvgIpc) is 3.35. The van der Waals surface area contributed by atoms with Gasteiger partial charge in [-0.25, -0.2) is 4.98 Å². The molecule has 0 spiro atoms. The molecule has 1 aromatic heterocycles. The normalized spacial score (nSPS) is 19.5. The first-order valence-corrected chi connectivity index (χ1v) is 13.4. The van der Waals surface area contributed by atoms with Crippen molar-refractivity contribution in [2.24, 2.45) is 5.92 Å². The molecule has 2 saturated carbocycles. The summed E-state index contributed by atoms with van der Waals surface area (Å²) in [6.07, 6.45) is 8.50. The Labute approximate surface area is 217 Å². The molecule has 2 amide bonds. The lowest BCUT2D eigenvalue weighted by atomic mass is 9.86. The maximum Gasteiger partial charge on any atom is 0.273 e. The summed E-state index contributed by atoms with van der Waals surface area (Å²) < 4.78 is 11.5. The molecule has 1 aliphatic heterocycles. The van der Waals surface area contributed by atoms with E-state index in [1.54, 1.807) is 0 Å². The number of carbonyl (C=O) groups is 2. The number of amides is 2. The molecular formula is C30H33N3O4. The van der Waals surface area contributed by atoms with Crippen LogP contribution in [0.15, 0.2) is 53.1 Å². The molecule has 2 heterocycles. The SMILES string of the molecule is Cc1ccc(C2c3cc(OCc4nc(C(=O)NC5CC5)co4)ccc3CCN2C(=O)C2CCCC2)cc1. The summed E-state index contributed by atoms with van der Waals surface area (Å²) in [4.78, 5) is 32.2. The van der Waals surface area contributed by atoms with Crippen LogP contribution in [0.3, 0.4) is 0 Å². The third-order valence-corrected chi connectivity index (χ3v) is 7.79. The fourth-order valence-corrected chi connectivity index (χ4v) is 5.55. The van der Waals surface area contributed by atoms with Crippen LogP contribution >= 0.6 is 0 Å². The molecule has 6 rings (SSSR count). The predicted molar refractivity (Wildman–Crippen MR) is 138 cm³/mol. The zero-order chi connectivity index (χ0) is 25.4. The fraction of sp³-hybridized carbons (Fsp3) is 0.433. The van der Waals surface area contributed by atoms with Gasteiger partial charge in [0.05, 0.1) is 6.04 Å². The summed E-state index contributed by atoms with van der Waals surface area (Å²) in [5.74, 6) is 1.24. The summed E-state index contributed by atoms with van der Waals surface area (Å²) in [6.45, 7) is 2.92. The van der Waals surface area contributed by atoms with Gasteiger partial charge < -0.3 is 19.4 Å². The number of hydrogen-bond donors (Lipinski definition) is 1. The summed E-state index contributed by atoms with van der Waals surface area (Å²) >= 11 is 0. The van der Waals surface area contributed by atoms with Crippen LogP contribution in [0.5, 0.6) is 5.75 Å². The number of benzene rings is 2. The van der Waals surface area contributed by atoms with E-state index in [9.17, 15) is 9.59 Å². The highest BCUT2D eigenvalue weighted by Crippen LogP contribution is 2.40. The van der Waals surface area contributed by atoms with Gasteiger partial charge in [0.1, 0.15) is 12.0 Å². The van der Waals surface area contributed by atoms with Crippen LogP contribution < -0.4 is 10.1 Å². The van der Waals surface area contributed by atoms with Crippen LogP contribution in [0.25, 0.3) is 0 Å². The Balaban J connectivity index is 1.24. The molecule has 2 aromatic carbocycles. The van der Waals surface area contributed by atoms with Crippen LogP contribution in [0.2, 0.25) is 0 Å². The first-order chi connectivity index (χ1) is 18.0. The lowest BCUT2D eigenvalue weighted by Gasteiger charge is -2.39. The molecule has 1 atom stereocenters. The fourth-order valence-electron chi connectivity index (χ4n) is 5.55. The molecule has 0 bridgehead atoms. The van der Waals surface area contributed by atoms with Crippen LogP contribution in [0.4, 0.5) is 0 Å². The molecule has 37 heavy (non-hydrogen) atoms. The molecule has 7 nitrogen and oxygen atoms in total. The average molecular weight is 500 g/mol. The molecule has 3 aliphatic rings. The number of ether oxygens (including phenoxy) is 1. The smallest absolute Gasteiger partial charge is 0.273 e. The van der Waals surface area contributed by atoms with Crippen molar-refractivity contribution < 1.29 is 18.7 Å². The molecule has 3 aromatic rings. The van der Waals surface area contributed by atoms with E-state index in [1.165, 1.54) is 17.4 Å². The van der Waals surface area contributed by atoms with Gasteiger partial charge in [-0.05, 0) is 67.9 Å². The Hall–Kier alpha value is -3.61. The van der Waals surface area contributed by atoms with Crippen molar-refractivity contribution in [2.45, 2.75) is 70.6 Å². The summed E-state index contributed by atoms with van der Waals surface area (Å²) in [7, 11) is 0. The van der Waals surface area contributed by atoms with Crippen molar-refractivity contribution in [1.82, 2.24) is 15.2 Å². The van der Waals surface area contributed by atoms with E-state index in [0.29, 0.717) is 11.6 Å². The zero-order valence-corrected chi connectivity index (χ0v) is 21.2. The van der Waals surface area contributed by atoms with E-state index in [1.807, 2.05) is 6.07 Å². The highest BCUT2D eigenvalue weighted by molar-refractivity contribution is 5.92. The summed E-state index contributed by atoms with van der Waals surface area (Å²) in [6, 6.07) is 14.7. The number of nitrogens with zero attached hydrogens (tertiary/aromatic N) is 2. The minimum absolute atomic E-state index is 0.120. The summed E-state index contributed by atoms with van der Waals surface area (Å²) in [5.41, 5.74) is 4.94. The molecule has 1 N–H and O–H groups in total. The molecule has 2 aliphatic carbocycles. The molecule has 2 fully saturated rings. The first kappa shape index (κ1) is 23.8. The lowest BCUT2D eigenvalue weighted by Crippen LogP contribution is -2.43. The third-order valence-electron chi connectivity index (χ3n) is 7.79. The van der Waals surface area contributed by atoms with Gasteiger partial charge in [-0.3, -0.25) is 9.59 Å². The van der Waals surface area contributed by atoms with Gasteiger partial charge in [0, 0.05) is 18.5 Å². The van der Waals surface area contributed by atoms with Gasteiger partial charge in [0.15, 0.2) is 12.3 Å². The zero-order valence-electron chi connectivity index (χ0n) is 21.2. The third kappa shape index (κ3) is 5.13. The van der Waals surface area contributed by atoms with Crippen molar-refractivity contribution in [1.29, 1.82) is 0 Å². The minimum Gasteiger partial charge on any atom is -0.484 e. The van der Waals surface area contributed by atoms with Crippen LogP contribution in [0, 0.1) is 12.8 Å². The maximum absolute atomic E-state index is 13.6. The van der Waals surface area contributed by atoms with Crippen LogP contribution in [-0.2, 0) is 17.8 Å². The molecule has 0 radical (unpaired) electrons. The van der Waals surface area contributed by atoms with Crippen LogP contribution in [0.1, 0.15) is 83.2 Å². The van der Waals surface area contributed by atoms with Gasteiger partial charge in [-0.2, -0.15) is 0 Å². The van der Waals surface area contributed by atoms with Gasteiger partial charge in [0.2, 0.25) is 11.8 Å². The Morgan fingerprint density at radius 2 is 1.86 bits per heavy atom. The minimum atomic E-state index is -0.209. The Morgan fingerprint density at radius 1 is 1.08 bits per heavy atom. The second-order valence-electron chi connectivity index (χ2n) is 10.6. The van der Waals surface area contributed by atoms with E-state index in [0.717, 1.165) is 62.6 Å². The Morgan fingerprint density at radius 3 is 2.62 bits per heavy atom. The van der Waals surface area contributed by atoms with E-state index < -0.39 is 0 Å². The quantitative estimate of drug-likeness (QED) is 0.488. The van der Waals surface area contributed by atoms with Crippen molar-refractivity contribution >= 4 is 11.8 Å². The predicted octanol–water partition coefficient (Wildman–Crippen LogP) is 5.12. The number of nitrogens with one attached hydrogen (secondary N) is 1. The number of rotatable bonds is 7. The number of hydrogen-bond acceptors (Lipinski definition) is 5. The first-order valence-electron chi connectivity index (χ1n) is 13.4. The second-order valence-corrected chi connectivity index (χ2v) is 10.6. The van der Waals surface area contributed by atoms with Gasteiger partial charge in [-0.1, -0.05) is 48.7 Å². The Bertz CT molecular complexity index is 1290. The van der Waals surface area contributed by atoms with Gasteiger partial charge >= 0.3 is 0 Å². The van der Waals surface area contributed by atoms with E-state index in [4.69, 9.17) is 9.15 Å². The molecule has 0 saturated heterocycles. The highest BCUT2D eigenvalue weighted by atomic mass is 16.5. The topological polar surface area (TPSA) is 84.7 Å². The number of fused-ring (bicyclic) bond motifs is 1. The van der Waals surface area contributed by atoms with E-state index >= 15 is 0 Å². The standard InChI is InChI=1S/C30H33N3O4/c1-19-6-8-21(9-7-19)28-25-16-24(36-18-27-32-26(17-37-27)29(34)31-23-11-12-23)13-10-20(25)14-15-33(28)30(35)22-4-2-3-5-22/h6-10,13,16-17,22-23,28H,2-5,11-12,14-15,18H2,1H3,(H,31,34). The molecule has 1 unspecified atom stereocenters. The highest BCUT2D eigenvalue weighted by Gasteiger charge is 2.36. The molecule has 192 valence electrons. The van der Waals surface area contributed by atoms with Crippen molar-refractivity contribution in [3.8, 4) is 5.75 Å². The number of oxazole rings is 1. The van der Waals surface area contributed by atoms with Crippen molar-refractivity contribution in [3.05, 3.63) is 82.6 Å². The maximum atomic E-state index is 13.6. The Kier molecular flexibility index (Phi) is 6.45. The molecular weight excluding hydrogens is 466 g/mol. The number of carbonyl (C=O) groups excluding carboxylic acids is 2. The number of aromatic nitrogens is 1. The van der Waals surface area contributed by atoms with Crippen LogP contribution in [-0.4, -0.2) is 34.3 Å².